The first-order valence-electron chi connectivity index (χ1n) is 10.5. The third-order valence-electron chi connectivity index (χ3n) is 6.32. The fourth-order valence-electron chi connectivity index (χ4n) is 4.66. The lowest BCUT2D eigenvalue weighted by Crippen LogP contribution is -2.49. The maximum Gasteiger partial charge on any atom is 0.253 e. The SMILES string of the molecule is CCN(CC)C(=O)c1ccc([C@@H]2CC3(CCNCC3)Oc3ccccc32)cc1. The van der Waals surface area contributed by atoms with Crippen molar-refractivity contribution < 1.29 is 9.53 Å². The smallest absolute Gasteiger partial charge is 0.253 e. The van der Waals surface area contributed by atoms with Gasteiger partial charge < -0.3 is 15.0 Å². The molecule has 0 unspecified atom stereocenters. The highest BCUT2D eigenvalue weighted by Gasteiger charge is 2.42. The van der Waals surface area contributed by atoms with Crippen LogP contribution < -0.4 is 10.1 Å². The third kappa shape index (κ3) is 3.53. The predicted octanol–water partition coefficient (Wildman–Crippen LogP) is 4.21. The van der Waals surface area contributed by atoms with Crippen molar-refractivity contribution in [3.63, 3.8) is 0 Å². The van der Waals surface area contributed by atoms with E-state index in [0.29, 0.717) is 5.92 Å². The lowest BCUT2D eigenvalue weighted by atomic mass is 9.75. The van der Waals surface area contributed by atoms with Gasteiger partial charge >= 0.3 is 0 Å². The number of carbonyl (C=O) groups is 1. The molecule has 2 aromatic rings. The number of piperidine rings is 1. The molecular formula is C24H30N2O2. The van der Waals surface area contributed by atoms with E-state index < -0.39 is 0 Å². The van der Waals surface area contributed by atoms with Gasteiger partial charge in [0.1, 0.15) is 11.4 Å². The Morgan fingerprint density at radius 1 is 1.07 bits per heavy atom. The van der Waals surface area contributed by atoms with Crippen LogP contribution in [0.25, 0.3) is 0 Å². The molecule has 2 aliphatic heterocycles. The molecular weight excluding hydrogens is 348 g/mol. The van der Waals surface area contributed by atoms with Crippen LogP contribution in [0.1, 0.15) is 60.5 Å². The summed E-state index contributed by atoms with van der Waals surface area (Å²) in [5.74, 6) is 1.43. The number of fused-ring (bicyclic) bond motifs is 1. The van der Waals surface area contributed by atoms with E-state index in [4.69, 9.17) is 4.74 Å². The highest BCUT2D eigenvalue weighted by atomic mass is 16.5. The van der Waals surface area contributed by atoms with Crippen molar-refractivity contribution in [3.8, 4) is 5.75 Å². The van der Waals surface area contributed by atoms with E-state index in [2.05, 4.69) is 41.7 Å². The Morgan fingerprint density at radius 3 is 2.43 bits per heavy atom. The van der Waals surface area contributed by atoms with Gasteiger partial charge in [-0.05, 0) is 70.0 Å². The number of ether oxygens (including phenoxy) is 1. The first-order chi connectivity index (χ1) is 13.7. The number of nitrogens with one attached hydrogen (secondary N) is 1. The van der Waals surface area contributed by atoms with Crippen molar-refractivity contribution in [2.24, 2.45) is 0 Å². The molecule has 28 heavy (non-hydrogen) atoms. The number of rotatable bonds is 4. The molecule has 4 nitrogen and oxygen atoms in total. The first kappa shape index (κ1) is 19.0. The van der Waals surface area contributed by atoms with E-state index in [1.165, 1.54) is 11.1 Å². The molecule has 1 spiro atoms. The Balaban J connectivity index is 1.64. The highest BCUT2D eigenvalue weighted by molar-refractivity contribution is 5.94. The zero-order chi connectivity index (χ0) is 19.6. The maximum atomic E-state index is 12.6. The van der Waals surface area contributed by atoms with Gasteiger partial charge in [-0.1, -0.05) is 30.3 Å². The van der Waals surface area contributed by atoms with E-state index in [1.807, 2.05) is 30.9 Å². The average molecular weight is 379 g/mol. The third-order valence-corrected chi connectivity index (χ3v) is 6.32. The summed E-state index contributed by atoms with van der Waals surface area (Å²) in [5.41, 5.74) is 3.21. The molecule has 0 radical (unpaired) electrons. The predicted molar refractivity (Wildman–Crippen MR) is 112 cm³/mol. The zero-order valence-corrected chi connectivity index (χ0v) is 16.9. The number of hydrogen-bond donors (Lipinski definition) is 1. The largest absolute Gasteiger partial charge is 0.487 e. The molecule has 1 atom stereocenters. The maximum absolute atomic E-state index is 12.6. The van der Waals surface area contributed by atoms with Crippen molar-refractivity contribution >= 4 is 5.91 Å². The Kier molecular flexibility index (Phi) is 5.40. The van der Waals surface area contributed by atoms with E-state index in [-0.39, 0.29) is 11.5 Å². The van der Waals surface area contributed by atoms with Crippen LogP contribution in [0.15, 0.2) is 48.5 Å². The van der Waals surface area contributed by atoms with Crippen molar-refractivity contribution in [1.82, 2.24) is 10.2 Å². The van der Waals surface area contributed by atoms with E-state index in [0.717, 1.165) is 56.8 Å². The second-order valence-corrected chi connectivity index (χ2v) is 7.93. The van der Waals surface area contributed by atoms with Crippen molar-refractivity contribution in [2.75, 3.05) is 26.2 Å². The standard InChI is InChI=1S/C24H30N2O2/c1-3-26(4-2)23(27)19-11-9-18(10-12-19)21-17-24(13-15-25-16-14-24)28-22-8-6-5-7-20(21)22/h5-12,21,25H,3-4,13-17H2,1-2H3/t21-/m0/s1. The second-order valence-electron chi connectivity index (χ2n) is 7.93. The summed E-state index contributed by atoms with van der Waals surface area (Å²) in [6.07, 6.45) is 3.07. The summed E-state index contributed by atoms with van der Waals surface area (Å²) in [5, 5.41) is 3.45. The van der Waals surface area contributed by atoms with E-state index >= 15 is 0 Å². The van der Waals surface area contributed by atoms with Crippen LogP contribution in [-0.2, 0) is 0 Å². The fourth-order valence-corrected chi connectivity index (χ4v) is 4.66. The van der Waals surface area contributed by atoms with Gasteiger partial charge in [0.05, 0.1) is 0 Å². The van der Waals surface area contributed by atoms with Gasteiger partial charge in [0, 0.05) is 30.1 Å². The summed E-state index contributed by atoms with van der Waals surface area (Å²) in [4.78, 5) is 14.5. The Bertz CT molecular complexity index is 821. The van der Waals surface area contributed by atoms with E-state index in [9.17, 15) is 4.79 Å². The van der Waals surface area contributed by atoms with Crippen LogP contribution in [0.4, 0.5) is 0 Å². The van der Waals surface area contributed by atoms with Crippen molar-refractivity contribution in [1.29, 1.82) is 0 Å². The first-order valence-corrected chi connectivity index (χ1v) is 10.5. The van der Waals surface area contributed by atoms with Crippen LogP contribution in [0.2, 0.25) is 0 Å². The highest BCUT2D eigenvalue weighted by Crippen LogP contribution is 2.47. The summed E-state index contributed by atoms with van der Waals surface area (Å²) in [6, 6.07) is 16.7. The summed E-state index contributed by atoms with van der Waals surface area (Å²) < 4.78 is 6.53. The molecule has 1 fully saturated rings. The summed E-state index contributed by atoms with van der Waals surface area (Å²) in [7, 11) is 0. The Hall–Kier alpha value is -2.33. The molecule has 4 rings (SSSR count). The lowest BCUT2D eigenvalue weighted by molar-refractivity contribution is 0.0114. The van der Waals surface area contributed by atoms with Crippen LogP contribution in [-0.4, -0.2) is 42.6 Å². The lowest BCUT2D eigenvalue weighted by Gasteiger charge is -2.45. The van der Waals surface area contributed by atoms with Gasteiger partial charge in [0.25, 0.3) is 5.91 Å². The normalized spacial score (nSPS) is 20.3. The minimum atomic E-state index is -0.0834. The van der Waals surface area contributed by atoms with Gasteiger partial charge in [-0.2, -0.15) is 0 Å². The number of hydrogen-bond acceptors (Lipinski definition) is 3. The van der Waals surface area contributed by atoms with Crippen LogP contribution >= 0.6 is 0 Å². The Labute approximate surface area is 167 Å². The summed E-state index contributed by atoms with van der Waals surface area (Å²) in [6.45, 7) is 7.53. The number of nitrogens with zero attached hydrogens (tertiary/aromatic N) is 1. The number of carbonyl (C=O) groups excluding carboxylic acids is 1. The minimum Gasteiger partial charge on any atom is -0.487 e. The molecule has 0 aliphatic carbocycles. The van der Waals surface area contributed by atoms with Crippen LogP contribution in [0.3, 0.4) is 0 Å². The Morgan fingerprint density at radius 2 is 1.75 bits per heavy atom. The monoisotopic (exact) mass is 378 g/mol. The van der Waals surface area contributed by atoms with Gasteiger partial charge in [-0.3, -0.25) is 4.79 Å². The molecule has 0 bridgehead atoms. The van der Waals surface area contributed by atoms with Crippen LogP contribution in [0.5, 0.6) is 5.75 Å². The molecule has 0 aromatic heterocycles. The molecule has 1 saturated heterocycles. The van der Waals surface area contributed by atoms with Crippen molar-refractivity contribution in [3.05, 3.63) is 65.2 Å². The molecule has 4 heteroatoms. The van der Waals surface area contributed by atoms with Gasteiger partial charge in [0.2, 0.25) is 0 Å². The van der Waals surface area contributed by atoms with Crippen LogP contribution in [0, 0.1) is 0 Å². The molecule has 1 N–H and O–H groups in total. The molecule has 2 aromatic carbocycles. The second kappa shape index (κ2) is 7.96. The van der Waals surface area contributed by atoms with Crippen molar-refractivity contribution in [2.45, 2.75) is 44.6 Å². The minimum absolute atomic E-state index is 0.0834. The average Bonchev–Trinajstić information content (AvgIpc) is 2.74. The topological polar surface area (TPSA) is 41.6 Å². The zero-order valence-electron chi connectivity index (χ0n) is 16.9. The van der Waals surface area contributed by atoms with Gasteiger partial charge in [0.15, 0.2) is 0 Å². The molecule has 0 saturated carbocycles. The van der Waals surface area contributed by atoms with E-state index in [1.54, 1.807) is 0 Å². The molecule has 2 heterocycles. The number of benzene rings is 2. The fraction of sp³-hybridized carbons (Fsp3) is 0.458. The summed E-state index contributed by atoms with van der Waals surface area (Å²) >= 11 is 0. The molecule has 148 valence electrons. The number of para-hydroxylation sites is 1. The van der Waals surface area contributed by atoms with Gasteiger partial charge in [-0.15, -0.1) is 0 Å². The quantitative estimate of drug-likeness (QED) is 0.867. The number of amides is 1. The molecule has 1 amide bonds. The molecule has 2 aliphatic rings. The van der Waals surface area contributed by atoms with Gasteiger partial charge in [-0.25, -0.2) is 0 Å².